The largest absolute Gasteiger partial charge is 0.491 e. The molecular formula is C18H23N3O3S. The molecule has 1 aromatic carbocycles. The topological polar surface area (TPSA) is 72.5 Å². The number of hydrogen-bond donors (Lipinski definition) is 2. The molecule has 1 aromatic heterocycles. The number of carbonyl (C=O) groups excluding carboxylic acids is 1. The lowest BCUT2D eigenvalue weighted by Gasteiger charge is -2.28. The first kappa shape index (κ1) is 17.8. The van der Waals surface area contributed by atoms with Crippen LogP contribution in [0.3, 0.4) is 0 Å². The number of nitrogens with zero attached hydrogens (tertiary/aromatic N) is 1. The first-order valence-electron chi connectivity index (χ1n) is 8.41. The fraction of sp³-hybridized carbons (Fsp3) is 0.444. The Kier molecular flexibility index (Phi) is 5.67. The van der Waals surface area contributed by atoms with E-state index in [2.05, 4.69) is 15.6 Å². The Morgan fingerprint density at radius 2 is 2.16 bits per heavy atom. The third-order valence-electron chi connectivity index (χ3n) is 3.86. The van der Waals surface area contributed by atoms with Gasteiger partial charge in [0.05, 0.1) is 24.5 Å². The molecule has 1 aliphatic rings. The van der Waals surface area contributed by atoms with Gasteiger partial charge in [-0.2, -0.15) is 0 Å². The van der Waals surface area contributed by atoms with Crippen molar-refractivity contribution in [2.24, 2.45) is 0 Å². The first-order chi connectivity index (χ1) is 12.0. The van der Waals surface area contributed by atoms with E-state index in [1.165, 1.54) is 11.3 Å². The van der Waals surface area contributed by atoms with Gasteiger partial charge in [0.2, 0.25) is 5.91 Å². The molecule has 0 spiro atoms. The van der Waals surface area contributed by atoms with Crippen LogP contribution >= 0.6 is 11.3 Å². The summed E-state index contributed by atoms with van der Waals surface area (Å²) in [6.45, 7) is 7.19. The average molecular weight is 361 g/mol. The summed E-state index contributed by atoms with van der Waals surface area (Å²) in [5.74, 6) is 0.716. The zero-order valence-corrected chi connectivity index (χ0v) is 15.4. The average Bonchev–Trinajstić information content (AvgIpc) is 3.04. The molecule has 2 heterocycles. The van der Waals surface area contributed by atoms with E-state index in [0.29, 0.717) is 18.3 Å². The highest BCUT2D eigenvalue weighted by atomic mass is 32.1. The molecule has 0 saturated carbocycles. The van der Waals surface area contributed by atoms with Crippen LogP contribution in [0.4, 0.5) is 5.13 Å². The third-order valence-corrected chi connectivity index (χ3v) is 4.61. The van der Waals surface area contributed by atoms with Crippen LogP contribution in [0, 0.1) is 0 Å². The monoisotopic (exact) mass is 361 g/mol. The van der Waals surface area contributed by atoms with Gasteiger partial charge in [0.1, 0.15) is 11.8 Å². The summed E-state index contributed by atoms with van der Waals surface area (Å²) in [7, 11) is 0. The van der Waals surface area contributed by atoms with Gasteiger partial charge in [0.25, 0.3) is 0 Å². The van der Waals surface area contributed by atoms with Crippen molar-refractivity contribution in [1.82, 2.24) is 10.3 Å². The third kappa shape index (κ3) is 4.56. The summed E-state index contributed by atoms with van der Waals surface area (Å²) < 4.78 is 11.2. The maximum Gasteiger partial charge on any atom is 0.245 e. The van der Waals surface area contributed by atoms with E-state index in [0.717, 1.165) is 17.0 Å². The van der Waals surface area contributed by atoms with Gasteiger partial charge in [-0.25, -0.2) is 4.98 Å². The molecule has 6 nitrogen and oxygen atoms in total. The number of ether oxygens (including phenoxy) is 2. The summed E-state index contributed by atoms with van der Waals surface area (Å²) in [5.41, 5.74) is 1.82. The van der Waals surface area contributed by atoms with Crippen molar-refractivity contribution in [1.29, 1.82) is 0 Å². The van der Waals surface area contributed by atoms with Gasteiger partial charge in [-0.3, -0.25) is 4.79 Å². The number of amides is 1. The number of anilines is 1. The van der Waals surface area contributed by atoms with Crippen LogP contribution in [-0.2, 0) is 9.53 Å². The van der Waals surface area contributed by atoms with Crippen LogP contribution in [0.1, 0.15) is 20.8 Å². The molecule has 25 heavy (non-hydrogen) atoms. The van der Waals surface area contributed by atoms with E-state index < -0.39 is 0 Å². The summed E-state index contributed by atoms with van der Waals surface area (Å²) in [4.78, 5) is 16.9. The zero-order valence-electron chi connectivity index (χ0n) is 14.6. The van der Waals surface area contributed by atoms with Crippen molar-refractivity contribution in [2.75, 3.05) is 18.5 Å². The highest BCUT2D eigenvalue weighted by Gasteiger charge is 2.28. The Hall–Kier alpha value is -1.96. The van der Waals surface area contributed by atoms with E-state index >= 15 is 0 Å². The molecule has 134 valence electrons. The molecule has 3 rings (SSSR count). The summed E-state index contributed by atoms with van der Waals surface area (Å²) in [6.07, 6.45) is -0.00612. The van der Waals surface area contributed by atoms with Crippen molar-refractivity contribution >= 4 is 22.4 Å². The summed E-state index contributed by atoms with van der Waals surface area (Å²) >= 11 is 1.41. The molecule has 1 aliphatic heterocycles. The van der Waals surface area contributed by atoms with Crippen LogP contribution in [0.15, 0.2) is 29.6 Å². The minimum absolute atomic E-state index is 0.117. The molecule has 0 unspecified atom stereocenters. The molecule has 1 saturated heterocycles. The number of nitrogens with one attached hydrogen (secondary N) is 2. The minimum Gasteiger partial charge on any atom is -0.491 e. The van der Waals surface area contributed by atoms with Gasteiger partial charge in [0, 0.05) is 17.5 Å². The van der Waals surface area contributed by atoms with E-state index in [4.69, 9.17) is 9.47 Å². The second kappa shape index (κ2) is 7.95. The van der Waals surface area contributed by atoms with Crippen LogP contribution in [0.2, 0.25) is 0 Å². The van der Waals surface area contributed by atoms with Gasteiger partial charge in [-0.15, -0.1) is 11.3 Å². The van der Waals surface area contributed by atoms with Gasteiger partial charge in [0.15, 0.2) is 5.13 Å². The second-order valence-corrected chi connectivity index (χ2v) is 7.08. The van der Waals surface area contributed by atoms with Crippen molar-refractivity contribution in [3.63, 3.8) is 0 Å². The minimum atomic E-state index is -0.353. The van der Waals surface area contributed by atoms with E-state index in [1.807, 2.05) is 50.4 Å². The predicted molar refractivity (Wildman–Crippen MR) is 99.1 cm³/mol. The lowest BCUT2D eigenvalue weighted by Crippen LogP contribution is -2.53. The second-order valence-electron chi connectivity index (χ2n) is 6.23. The molecule has 2 aromatic rings. The van der Waals surface area contributed by atoms with Gasteiger partial charge in [-0.1, -0.05) is 0 Å². The molecule has 2 atom stereocenters. The Morgan fingerprint density at radius 3 is 2.84 bits per heavy atom. The predicted octanol–water partition coefficient (Wildman–Crippen LogP) is 2.91. The smallest absolute Gasteiger partial charge is 0.245 e. The van der Waals surface area contributed by atoms with Gasteiger partial charge >= 0.3 is 0 Å². The summed E-state index contributed by atoms with van der Waals surface area (Å²) in [5, 5.41) is 8.56. The van der Waals surface area contributed by atoms with E-state index in [-0.39, 0.29) is 24.2 Å². The van der Waals surface area contributed by atoms with Crippen LogP contribution in [-0.4, -0.2) is 42.3 Å². The number of hydrogen-bond acceptors (Lipinski definition) is 6. The van der Waals surface area contributed by atoms with Gasteiger partial charge < -0.3 is 20.1 Å². The summed E-state index contributed by atoms with van der Waals surface area (Å²) in [6, 6.07) is 7.44. The Labute approximate surface area is 151 Å². The van der Waals surface area contributed by atoms with Crippen molar-refractivity contribution in [3.8, 4) is 17.0 Å². The molecule has 7 heteroatoms. The molecule has 0 radical (unpaired) electrons. The lowest BCUT2D eigenvalue weighted by molar-refractivity contribution is -0.123. The van der Waals surface area contributed by atoms with Crippen LogP contribution in [0.25, 0.3) is 11.3 Å². The van der Waals surface area contributed by atoms with Crippen molar-refractivity contribution in [3.05, 3.63) is 29.6 Å². The number of morpholine rings is 1. The molecule has 1 amide bonds. The maximum absolute atomic E-state index is 12.4. The maximum atomic E-state index is 12.4. The standard InChI is InChI=1S/C18H23N3O3S/c1-11(2)24-14-6-4-13(5-7-14)15-10-25-18(20-15)21-17(22)16-12(3)23-9-8-19-16/h4-7,10-12,16,19H,8-9H2,1-3H3,(H,20,21,22)/t12-,16+/m1/s1. The molecule has 2 N–H and O–H groups in total. The number of carbonyl (C=O) groups is 1. The highest BCUT2D eigenvalue weighted by molar-refractivity contribution is 7.14. The molecule has 1 fully saturated rings. The van der Waals surface area contributed by atoms with Crippen molar-refractivity contribution in [2.45, 2.75) is 39.0 Å². The Morgan fingerprint density at radius 1 is 1.40 bits per heavy atom. The first-order valence-corrected chi connectivity index (χ1v) is 9.29. The number of aromatic nitrogens is 1. The van der Waals surface area contributed by atoms with E-state index in [1.54, 1.807) is 0 Å². The number of thiazole rings is 1. The number of benzene rings is 1. The molecule has 0 bridgehead atoms. The van der Waals surface area contributed by atoms with E-state index in [9.17, 15) is 4.79 Å². The zero-order chi connectivity index (χ0) is 17.8. The highest BCUT2D eigenvalue weighted by Crippen LogP contribution is 2.27. The Balaban J connectivity index is 1.64. The number of rotatable bonds is 5. The normalized spacial score (nSPS) is 20.5. The lowest BCUT2D eigenvalue weighted by atomic mass is 10.1. The SMILES string of the molecule is CC(C)Oc1ccc(-c2csc(NC(=O)[C@H]3NCCO[C@@H]3C)n2)cc1. The molecule has 0 aliphatic carbocycles. The van der Waals surface area contributed by atoms with Crippen LogP contribution < -0.4 is 15.4 Å². The molecular weight excluding hydrogens is 338 g/mol. The Bertz CT molecular complexity index is 715. The quantitative estimate of drug-likeness (QED) is 0.857. The van der Waals surface area contributed by atoms with Crippen molar-refractivity contribution < 1.29 is 14.3 Å². The van der Waals surface area contributed by atoms with Crippen LogP contribution in [0.5, 0.6) is 5.75 Å². The fourth-order valence-corrected chi connectivity index (χ4v) is 3.37. The van der Waals surface area contributed by atoms with Gasteiger partial charge in [-0.05, 0) is 45.0 Å². The fourth-order valence-electron chi connectivity index (χ4n) is 2.65.